The van der Waals surface area contributed by atoms with Crippen LogP contribution in [0.1, 0.15) is 40.5 Å². The highest BCUT2D eigenvalue weighted by atomic mass is 16.8. The molecule has 1 saturated heterocycles. The number of carbonyl (C=O) groups is 3. The first-order valence-electron chi connectivity index (χ1n) is 7.81. The molecule has 0 amide bonds. The van der Waals surface area contributed by atoms with Crippen molar-refractivity contribution in [3.05, 3.63) is 11.6 Å². The van der Waals surface area contributed by atoms with Crippen LogP contribution in [-0.4, -0.2) is 55.1 Å². The monoisotopic (exact) mass is 343 g/mol. The second kappa shape index (κ2) is 9.27. The van der Waals surface area contributed by atoms with E-state index in [1.165, 1.54) is 18.1 Å². The molecular weight excluding hydrogens is 318 g/mol. The predicted molar refractivity (Wildman–Crippen MR) is 83.8 cm³/mol. The van der Waals surface area contributed by atoms with E-state index in [1.807, 2.05) is 0 Å². The smallest absolute Gasteiger partial charge is 0.462 e. The molecule has 1 fully saturated rings. The first-order chi connectivity index (χ1) is 11.2. The number of rotatable bonds is 5. The van der Waals surface area contributed by atoms with E-state index in [0.29, 0.717) is 25.9 Å². The first-order valence-corrected chi connectivity index (χ1v) is 7.81. The van der Waals surface area contributed by atoms with Crippen LogP contribution < -0.4 is 0 Å². The Morgan fingerprint density at radius 1 is 1.08 bits per heavy atom. The molecule has 0 saturated carbocycles. The Balaban J connectivity index is 2.28. The van der Waals surface area contributed by atoms with Gasteiger partial charge in [-0.1, -0.05) is 5.57 Å². The molecule has 1 heterocycles. The number of carbonyl (C=O) groups excluding carboxylic acids is 3. The molecule has 0 atom stereocenters. The fourth-order valence-electron chi connectivity index (χ4n) is 1.92. The topological polar surface area (TPSA) is 91.4 Å². The van der Waals surface area contributed by atoms with Gasteiger partial charge in [0.05, 0.1) is 0 Å². The maximum Gasteiger partial charge on any atom is 0.528 e. The minimum absolute atomic E-state index is 0.0239. The van der Waals surface area contributed by atoms with E-state index >= 15 is 0 Å². The van der Waals surface area contributed by atoms with Gasteiger partial charge in [-0.15, -0.1) is 5.06 Å². The first kappa shape index (κ1) is 20.0. The molecule has 136 valence electrons. The molecule has 1 aliphatic heterocycles. The van der Waals surface area contributed by atoms with Crippen LogP contribution in [0, 0.1) is 0 Å². The van der Waals surface area contributed by atoms with E-state index < -0.39 is 23.7 Å². The lowest BCUT2D eigenvalue weighted by Gasteiger charge is -2.27. The molecule has 0 bridgehead atoms. The summed E-state index contributed by atoms with van der Waals surface area (Å²) in [4.78, 5) is 38.9. The molecule has 1 rings (SSSR count). The summed E-state index contributed by atoms with van der Waals surface area (Å²) < 4.78 is 14.7. The van der Waals surface area contributed by atoms with Crippen molar-refractivity contribution in [3.8, 4) is 0 Å². The van der Waals surface area contributed by atoms with Crippen LogP contribution in [0.4, 0.5) is 4.79 Å². The van der Waals surface area contributed by atoms with Crippen LogP contribution >= 0.6 is 0 Å². The lowest BCUT2D eigenvalue weighted by atomic mass is 10.1. The Bertz CT molecular complexity index is 483. The quantitative estimate of drug-likeness (QED) is 0.324. The zero-order valence-corrected chi connectivity index (χ0v) is 14.6. The van der Waals surface area contributed by atoms with E-state index in [-0.39, 0.29) is 13.2 Å². The summed E-state index contributed by atoms with van der Waals surface area (Å²) in [5.41, 5.74) is 0.310. The van der Waals surface area contributed by atoms with E-state index in [4.69, 9.17) is 14.3 Å². The lowest BCUT2D eigenvalue weighted by Crippen LogP contribution is -2.36. The molecule has 24 heavy (non-hydrogen) atoms. The zero-order valence-electron chi connectivity index (χ0n) is 14.6. The van der Waals surface area contributed by atoms with Gasteiger partial charge in [0.15, 0.2) is 0 Å². The van der Waals surface area contributed by atoms with Crippen molar-refractivity contribution in [2.24, 2.45) is 0 Å². The second-order valence-electron chi connectivity index (χ2n) is 6.29. The van der Waals surface area contributed by atoms with E-state index in [2.05, 4.69) is 4.74 Å². The van der Waals surface area contributed by atoms with Crippen molar-refractivity contribution in [1.29, 1.82) is 0 Å². The molecule has 1 aliphatic rings. The Labute approximate surface area is 141 Å². The van der Waals surface area contributed by atoms with Gasteiger partial charge in [-0.2, -0.15) is 0 Å². The van der Waals surface area contributed by atoms with Crippen LogP contribution in [0.5, 0.6) is 0 Å². The molecular formula is C16H25NO7. The van der Waals surface area contributed by atoms with E-state index in [0.717, 1.165) is 5.57 Å². The largest absolute Gasteiger partial charge is 0.528 e. The Morgan fingerprint density at radius 2 is 1.67 bits per heavy atom. The summed E-state index contributed by atoms with van der Waals surface area (Å²) in [5, 5.41) is 1.51. The molecule has 8 heteroatoms. The third kappa shape index (κ3) is 9.14. The standard InChI is InChI=1S/C16H25NO7/c1-12(18)21-9-10-22-14(19)11-13-5-7-17(8-6-13)24-15(20)23-16(2,3)4/h11H,5-10H2,1-4H3. The number of nitrogens with zero attached hydrogens (tertiary/aromatic N) is 1. The summed E-state index contributed by atoms with van der Waals surface area (Å²) in [5.74, 6) is -0.888. The third-order valence-corrected chi connectivity index (χ3v) is 2.91. The van der Waals surface area contributed by atoms with Crippen LogP contribution in [0.3, 0.4) is 0 Å². The van der Waals surface area contributed by atoms with Crippen molar-refractivity contribution in [3.63, 3.8) is 0 Å². The SMILES string of the molecule is CC(=O)OCCOC(=O)C=C1CCN(OC(=O)OC(C)(C)C)CC1. The maximum absolute atomic E-state index is 11.6. The fourth-order valence-corrected chi connectivity index (χ4v) is 1.92. The Hall–Kier alpha value is -2.09. The highest BCUT2D eigenvalue weighted by Gasteiger charge is 2.23. The van der Waals surface area contributed by atoms with Crippen LogP contribution in [0.15, 0.2) is 11.6 Å². The van der Waals surface area contributed by atoms with Gasteiger partial charge < -0.3 is 19.0 Å². The van der Waals surface area contributed by atoms with Crippen LogP contribution in [-0.2, 0) is 28.6 Å². The minimum Gasteiger partial charge on any atom is -0.462 e. The number of hydroxylamine groups is 2. The molecule has 0 aliphatic carbocycles. The van der Waals surface area contributed by atoms with Crippen molar-refractivity contribution in [1.82, 2.24) is 5.06 Å². The van der Waals surface area contributed by atoms with Gasteiger partial charge in [-0.05, 0) is 33.6 Å². The Kier molecular flexibility index (Phi) is 7.70. The predicted octanol–water partition coefficient (Wildman–Crippen LogP) is 1.98. The summed E-state index contributed by atoms with van der Waals surface area (Å²) >= 11 is 0. The van der Waals surface area contributed by atoms with Gasteiger partial charge in [0, 0.05) is 26.1 Å². The molecule has 0 aromatic carbocycles. The molecule has 8 nitrogen and oxygen atoms in total. The summed E-state index contributed by atoms with van der Waals surface area (Å²) in [6.07, 6.45) is 1.86. The van der Waals surface area contributed by atoms with E-state index in [1.54, 1.807) is 20.8 Å². The van der Waals surface area contributed by atoms with Crippen molar-refractivity contribution in [2.45, 2.75) is 46.1 Å². The average Bonchev–Trinajstić information content (AvgIpc) is 2.43. The van der Waals surface area contributed by atoms with Gasteiger partial charge in [-0.25, -0.2) is 9.59 Å². The van der Waals surface area contributed by atoms with Crippen molar-refractivity contribution in [2.75, 3.05) is 26.3 Å². The van der Waals surface area contributed by atoms with Gasteiger partial charge in [0.2, 0.25) is 0 Å². The number of ether oxygens (including phenoxy) is 3. The second-order valence-corrected chi connectivity index (χ2v) is 6.29. The number of hydrogen-bond donors (Lipinski definition) is 0. The zero-order chi connectivity index (χ0) is 18.2. The number of piperidine rings is 1. The van der Waals surface area contributed by atoms with Gasteiger partial charge in [-0.3, -0.25) is 4.79 Å². The normalized spacial score (nSPS) is 15.4. The molecule has 0 aromatic rings. The van der Waals surface area contributed by atoms with Crippen LogP contribution in [0.25, 0.3) is 0 Å². The van der Waals surface area contributed by atoms with Gasteiger partial charge in [0.25, 0.3) is 0 Å². The third-order valence-electron chi connectivity index (χ3n) is 2.91. The number of hydrogen-bond acceptors (Lipinski definition) is 8. The van der Waals surface area contributed by atoms with E-state index in [9.17, 15) is 14.4 Å². The average molecular weight is 343 g/mol. The summed E-state index contributed by atoms with van der Waals surface area (Å²) in [7, 11) is 0. The molecule has 0 aromatic heterocycles. The van der Waals surface area contributed by atoms with Crippen molar-refractivity contribution >= 4 is 18.1 Å². The van der Waals surface area contributed by atoms with Gasteiger partial charge in [0.1, 0.15) is 18.8 Å². The minimum atomic E-state index is -0.736. The highest BCUT2D eigenvalue weighted by Crippen LogP contribution is 2.17. The Morgan fingerprint density at radius 3 is 2.21 bits per heavy atom. The fraction of sp³-hybridized carbons (Fsp3) is 0.688. The summed E-state index contributed by atoms with van der Waals surface area (Å²) in [6, 6.07) is 0. The number of esters is 2. The maximum atomic E-state index is 11.6. The van der Waals surface area contributed by atoms with Crippen LogP contribution in [0.2, 0.25) is 0 Å². The van der Waals surface area contributed by atoms with Crippen molar-refractivity contribution < 1.29 is 33.4 Å². The molecule has 0 spiro atoms. The van der Waals surface area contributed by atoms with Gasteiger partial charge >= 0.3 is 18.1 Å². The highest BCUT2D eigenvalue weighted by molar-refractivity contribution is 5.82. The molecule has 0 N–H and O–H groups in total. The molecule has 0 radical (unpaired) electrons. The molecule has 0 unspecified atom stereocenters. The lowest BCUT2D eigenvalue weighted by molar-refractivity contribution is -0.148. The summed E-state index contributed by atoms with van der Waals surface area (Å²) in [6.45, 7) is 7.60.